The van der Waals surface area contributed by atoms with Crippen LogP contribution in [0.4, 0.5) is 0 Å². The topological polar surface area (TPSA) is 98.3 Å². The van der Waals surface area contributed by atoms with Crippen LogP contribution in [0.25, 0.3) is 0 Å². The Morgan fingerprint density at radius 3 is 2.45 bits per heavy atom. The molecule has 0 saturated carbocycles. The summed E-state index contributed by atoms with van der Waals surface area (Å²) < 4.78 is 31.2. The molecule has 0 radical (unpaired) electrons. The molecule has 1 aromatic rings. The van der Waals surface area contributed by atoms with Crippen LogP contribution in [0.1, 0.15) is 20.3 Å². The Balaban J connectivity index is 3.02. The number of nitrogens with zero attached hydrogens (tertiary/aromatic N) is 2. The SMILES string of the molecule is CCC(C)C(NS(=O)(=O)c1cnc(Cl)nc1)C(=O)OC. The molecule has 0 aliphatic carbocycles. The van der Waals surface area contributed by atoms with Crippen LogP contribution in [0.15, 0.2) is 17.3 Å². The molecule has 9 heteroatoms. The quantitative estimate of drug-likeness (QED) is 0.620. The second-order valence-electron chi connectivity index (χ2n) is 4.20. The van der Waals surface area contributed by atoms with E-state index in [1.807, 2.05) is 6.92 Å². The minimum absolute atomic E-state index is 0.0598. The predicted octanol–water partition coefficient (Wildman–Crippen LogP) is 0.996. The summed E-state index contributed by atoms with van der Waals surface area (Å²) in [5, 5.41) is -0.0598. The van der Waals surface area contributed by atoms with Gasteiger partial charge < -0.3 is 4.74 Å². The van der Waals surface area contributed by atoms with Crippen molar-refractivity contribution in [1.82, 2.24) is 14.7 Å². The lowest BCUT2D eigenvalue weighted by molar-refractivity contribution is -0.143. The minimum Gasteiger partial charge on any atom is -0.468 e. The number of hydrogen-bond acceptors (Lipinski definition) is 6. The maximum absolute atomic E-state index is 12.2. The normalized spacial score (nSPS) is 14.6. The number of carbonyl (C=O) groups is 1. The van der Waals surface area contributed by atoms with Crippen molar-refractivity contribution in [3.63, 3.8) is 0 Å². The van der Waals surface area contributed by atoms with Gasteiger partial charge in [0.1, 0.15) is 10.9 Å². The van der Waals surface area contributed by atoms with E-state index in [9.17, 15) is 13.2 Å². The molecule has 0 spiro atoms. The summed E-state index contributed by atoms with van der Waals surface area (Å²) in [6.45, 7) is 3.60. The van der Waals surface area contributed by atoms with Gasteiger partial charge in [0.05, 0.1) is 19.5 Å². The van der Waals surface area contributed by atoms with E-state index >= 15 is 0 Å². The fourth-order valence-electron chi connectivity index (χ4n) is 1.43. The van der Waals surface area contributed by atoms with Crippen molar-refractivity contribution in [2.24, 2.45) is 5.92 Å². The van der Waals surface area contributed by atoms with Gasteiger partial charge in [-0.05, 0) is 17.5 Å². The Kier molecular flexibility index (Phi) is 5.85. The van der Waals surface area contributed by atoms with Crippen LogP contribution in [0.2, 0.25) is 5.28 Å². The van der Waals surface area contributed by atoms with Gasteiger partial charge in [0.25, 0.3) is 0 Å². The Morgan fingerprint density at radius 2 is 2.00 bits per heavy atom. The van der Waals surface area contributed by atoms with Gasteiger partial charge in [-0.3, -0.25) is 4.79 Å². The van der Waals surface area contributed by atoms with E-state index < -0.39 is 22.0 Å². The molecule has 20 heavy (non-hydrogen) atoms. The number of ether oxygens (including phenoxy) is 1. The number of methoxy groups -OCH3 is 1. The van der Waals surface area contributed by atoms with Crippen LogP contribution >= 0.6 is 11.6 Å². The molecule has 7 nitrogen and oxygen atoms in total. The van der Waals surface area contributed by atoms with Gasteiger partial charge in [-0.1, -0.05) is 20.3 Å². The number of esters is 1. The molecule has 1 heterocycles. The molecular formula is C11H16ClN3O4S. The predicted molar refractivity (Wildman–Crippen MR) is 72.6 cm³/mol. The summed E-state index contributed by atoms with van der Waals surface area (Å²) in [5.41, 5.74) is 0. The average molecular weight is 322 g/mol. The van der Waals surface area contributed by atoms with Gasteiger partial charge in [0.15, 0.2) is 0 Å². The fraction of sp³-hybridized carbons (Fsp3) is 0.545. The second-order valence-corrected chi connectivity index (χ2v) is 6.25. The maximum atomic E-state index is 12.2. The highest BCUT2D eigenvalue weighted by Crippen LogP contribution is 2.14. The van der Waals surface area contributed by atoms with Crippen molar-refractivity contribution in [2.45, 2.75) is 31.2 Å². The molecule has 0 aliphatic rings. The highest BCUT2D eigenvalue weighted by atomic mass is 35.5. The highest BCUT2D eigenvalue weighted by molar-refractivity contribution is 7.89. The van der Waals surface area contributed by atoms with E-state index in [-0.39, 0.29) is 16.1 Å². The Morgan fingerprint density at radius 1 is 1.45 bits per heavy atom. The highest BCUT2D eigenvalue weighted by Gasteiger charge is 2.30. The number of halogens is 1. The first-order valence-corrected chi connectivity index (χ1v) is 7.75. The van der Waals surface area contributed by atoms with E-state index in [0.29, 0.717) is 6.42 Å². The maximum Gasteiger partial charge on any atom is 0.324 e. The molecule has 0 aliphatic heterocycles. The van der Waals surface area contributed by atoms with Gasteiger partial charge in [-0.25, -0.2) is 18.4 Å². The van der Waals surface area contributed by atoms with Gasteiger partial charge in [-0.2, -0.15) is 4.72 Å². The zero-order valence-electron chi connectivity index (χ0n) is 11.3. The second kappa shape index (κ2) is 6.96. The number of carbonyl (C=O) groups excluding carboxylic acids is 1. The van der Waals surface area contributed by atoms with Crippen LogP contribution in [0.3, 0.4) is 0 Å². The third kappa shape index (κ3) is 4.12. The van der Waals surface area contributed by atoms with E-state index in [1.54, 1.807) is 6.92 Å². The van der Waals surface area contributed by atoms with Crippen molar-refractivity contribution in [1.29, 1.82) is 0 Å². The van der Waals surface area contributed by atoms with Crippen LogP contribution < -0.4 is 4.72 Å². The van der Waals surface area contributed by atoms with Crippen LogP contribution in [-0.2, 0) is 19.6 Å². The molecule has 0 bridgehead atoms. The summed E-state index contributed by atoms with van der Waals surface area (Å²) in [6, 6.07) is -0.967. The van der Waals surface area contributed by atoms with Crippen LogP contribution in [-0.4, -0.2) is 37.5 Å². The first-order chi connectivity index (χ1) is 9.31. The van der Waals surface area contributed by atoms with Gasteiger partial charge >= 0.3 is 5.97 Å². The molecule has 0 aromatic carbocycles. The minimum atomic E-state index is -3.92. The Labute approximate surface area is 122 Å². The van der Waals surface area contributed by atoms with Crippen molar-refractivity contribution in [2.75, 3.05) is 7.11 Å². The number of rotatable bonds is 6. The van der Waals surface area contributed by atoms with Crippen molar-refractivity contribution < 1.29 is 17.9 Å². The number of hydrogen-bond donors (Lipinski definition) is 1. The summed E-state index contributed by atoms with van der Waals surface area (Å²) in [7, 11) is -2.72. The lowest BCUT2D eigenvalue weighted by Crippen LogP contribution is -2.45. The number of aromatic nitrogens is 2. The molecule has 0 amide bonds. The van der Waals surface area contributed by atoms with Crippen LogP contribution in [0, 0.1) is 5.92 Å². The Bertz CT molecular complexity index is 562. The number of nitrogens with one attached hydrogen (secondary N) is 1. The summed E-state index contributed by atoms with van der Waals surface area (Å²) >= 11 is 5.50. The number of sulfonamides is 1. The van der Waals surface area contributed by atoms with E-state index in [0.717, 1.165) is 12.4 Å². The lowest BCUT2D eigenvalue weighted by Gasteiger charge is -2.21. The van der Waals surface area contributed by atoms with E-state index in [1.165, 1.54) is 7.11 Å². The van der Waals surface area contributed by atoms with Gasteiger partial charge in [0.2, 0.25) is 15.3 Å². The van der Waals surface area contributed by atoms with E-state index in [4.69, 9.17) is 11.6 Å². The van der Waals surface area contributed by atoms with Gasteiger partial charge in [-0.15, -0.1) is 0 Å². The molecule has 1 aromatic heterocycles. The molecular weight excluding hydrogens is 306 g/mol. The Hall–Kier alpha value is -1.25. The monoisotopic (exact) mass is 321 g/mol. The zero-order valence-corrected chi connectivity index (χ0v) is 12.9. The zero-order chi connectivity index (χ0) is 15.3. The first-order valence-electron chi connectivity index (χ1n) is 5.89. The standard InChI is InChI=1S/C11H16ClN3O4S/c1-4-7(2)9(10(16)19-3)15-20(17,18)8-5-13-11(12)14-6-8/h5-7,9,15H,4H2,1-3H3. The van der Waals surface area contributed by atoms with Gasteiger partial charge in [0, 0.05) is 0 Å². The molecule has 0 saturated heterocycles. The third-order valence-electron chi connectivity index (χ3n) is 2.86. The van der Waals surface area contributed by atoms with Crippen molar-refractivity contribution in [3.05, 3.63) is 17.7 Å². The molecule has 112 valence electrons. The molecule has 1 N–H and O–H groups in total. The smallest absolute Gasteiger partial charge is 0.324 e. The fourth-order valence-corrected chi connectivity index (χ4v) is 2.71. The summed E-state index contributed by atoms with van der Waals surface area (Å²) in [5.74, 6) is -0.858. The summed E-state index contributed by atoms with van der Waals surface area (Å²) in [6.07, 6.45) is 2.75. The largest absolute Gasteiger partial charge is 0.468 e. The molecule has 1 rings (SSSR count). The summed E-state index contributed by atoms with van der Waals surface area (Å²) in [4.78, 5) is 18.7. The van der Waals surface area contributed by atoms with Crippen molar-refractivity contribution in [3.8, 4) is 0 Å². The first kappa shape index (κ1) is 16.8. The molecule has 2 unspecified atom stereocenters. The van der Waals surface area contributed by atoms with Crippen molar-refractivity contribution >= 4 is 27.6 Å². The average Bonchev–Trinajstić information content (AvgIpc) is 2.43. The molecule has 2 atom stereocenters. The van der Waals surface area contributed by atoms with Crippen LogP contribution in [0.5, 0.6) is 0 Å². The third-order valence-corrected chi connectivity index (χ3v) is 4.45. The lowest BCUT2D eigenvalue weighted by atomic mass is 10.0. The molecule has 0 fully saturated rings. The van der Waals surface area contributed by atoms with E-state index in [2.05, 4.69) is 19.4 Å².